The van der Waals surface area contributed by atoms with Crippen LogP contribution in [0.4, 0.5) is 0 Å². The third-order valence-corrected chi connectivity index (χ3v) is 3.84. The first-order chi connectivity index (χ1) is 9.11. The second kappa shape index (κ2) is 6.59. The summed E-state index contributed by atoms with van der Waals surface area (Å²) >= 11 is 9.18. The summed E-state index contributed by atoms with van der Waals surface area (Å²) in [6.07, 6.45) is 0. The van der Waals surface area contributed by atoms with Crippen LogP contribution in [-0.4, -0.2) is 58.9 Å². The molecular weight excluding hydrogens is 332 g/mol. The SMILES string of the molecule is O=C(c1ccc(Cl)cc1O)N1CCN(CCBr)CC1. The van der Waals surface area contributed by atoms with E-state index < -0.39 is 0 Å². The third-order valence-electron chi connectivity index (χ3n) is 3.25. The number of hydrogen-bond donors (Lipinski definition) is 1. The molecule has 19 heavy (non-hydrogen) atoms. The number of alkyl halides is 1. The van der Waals surface area contributed by atoms with E-state index >= 15 is 0 Å². The van der Waals surface area contributed by atoms with E-state index in [0.717, 1.165) is 25.0 Å². The first-order valence-corrected chi connectivity index (χ1v) is 7.68. The van der Waals surface area contributed by atoms with E-state index in [9.17, 15) is 9.90 Å². The lowest BCUT2D eigenvalue weighted by atomic mass is 10.1. The minimum atomic E-state index is -0.132. The van der Waals surface area contributed by atoms with Crippen molar-refractivity contribution >= 4 is 33.4 Å². The molecule has 0 unspecified atom stereocenters. The summed E-state index contributed by atoms with van der Waals surface area (Å²) in [6, 6.07) is 4.59. The molecule has 0 bridgehead atoms. The highest BCUT2D eigenvalue weighted by Gasteiger charge is 2.23. The Morgan fingerprint density at radius 1 is 1.32 bits per heavy atom. The number of aromatic hydroxyl groups is 1. The highest BCUT2D eigenvalue weighted by molar-refractivity contribution is 9.09. The molecule has 1 fully saturated rings. The lowest BCUT2D eigenvalue weighted by Gasteiger charge is -2.34. The monoisotopic (exact) mass is 346 g/mol. The Hall–Kier alpha value is -0.780. The van der Waals surface area contributed by atoms with Gasteiger partial charge in [-0.2, -0.15) is 0 Å². The van der Waals surface area contributed by atoms with Gasteiger partial charge in [-0.15, -0.1) is 0 Å². The van der Waals surface area contributed by atoms with Crippen molar-refractivity contribution in [3.63, 3.8) is 0 Å². The summed E-state index contributed by atoms with van der Waals surface area (Å²) in [4.78, 5) is 16.4. The Morgan fingerprint density at radius 2 is 2.00 bits per heavy atom. The Labute approximate surface area is 126 Å². The lowest BCUT2D eigenvalue weighted by Crippen LogP contribution is -2.49. The molecule has 1 saturated heterocycles. The van der Waals surface area contributed by atoms with Crippen molar-refractivity contribution in [3.05, 3.63) is 28.8 Å². The fourth-order valence-electron chi connectivity index (χ4n) is 2.15. The fourth-order valence-corrected chi connectivity index (χ4v) is 2.82. The maximum absolute atomic E-state index is 12.3. The van der Waals surface area contributed by atoms with Gasteiger partial charge in [0.05, 0.1) is 5.56 Å². The van der Waals surface area contributed by atoms with Gasteiger partial charge in [-0.3, -0.25) is 9.69 Å². The molecule has 4 nitrogen and oxygen atoms in total. The van der Waals surface area contributed by atoms with Crippen LogP contribution in [0.1, 0.15) is 10.4 Å². The first kappa shape index (κ1) is 14.6. The Morgan fingerprint density at radius 3 is 2.58 bits per heavy atom. The van der Waals surface area contributed by atoms with Gasteiger partial charge < -0.3 is 10.0 Å². The van der Waals surface area contributed by atoms with Crippen LogP contribution in [0.15, 0.2) is 18.2 Å². The van der Waals surface area contributed by atoms with Crippen molar-refractivity contribution in [1.82, 2.24) is 9.80 Å². The van der Waals surface area contributed by atoms with E-state index in [2.05, 4.69) is 20.8 Å². The predicted octanol–water partition coefficient (Wildman–Crippen LogP) is 2.20. The molecule has 1 aromatic carbocycles. The highest BCUT2D eigenvalue weighted by atomic mass is 79.9. The molecule has 1 N–H and O–H groups in total. The summed E-state index contributed by atoms with van der Waals surface area (Å²) in [5.74, 6) is -0.187. The second-order valence-electron chi connectivity index (χ2n) is 4.48. The molecule has 0 atom stereocenters. The second-order valence-corrected chi connectivity index (χ2v) is 5.71. The quantitative estimate of drug-likeness (QED) is 0.853. The molecule has 2 rings (SSSR count). The van der Waals surface area contributed by atoms with Crippen molar-refractivity contribution in [1.29, 1.82) is 0 Å². The molecule has 1 amide bonds. The van der Waals surface area contributed by atoms with Crippen LogP contribution in [0.5, 0.6) is 5.75 Å². The molecule has 0 spiro atoms. The van der Waals surface area contributed by atoms with Gasteiger partial charge in [0.2, 0.25) is 0 Å². The minimum Gasteiger partial charge on any atom is -0.507 e. The van der Waals surface area contributed by atoms with Crippen LogP contribution >= 0.6 is 27.5 Å². The average molecular weight is 348 g/mol. The van der Waals surface area contributed by atoms with Crippen molar-refractivity contribution < 1.29 is 9.90 Å². The molecule has 0 aromatic heterocycles. The first-order valence-electron chi connectivity index (χ1n) is 6.18. The van der Waals surface area contributed by atoms with E-state index in [4.69, 9.17) is 11.6 Å². The normalized spacial score (nSPS) is 16.6. The zero-order valence-electron chi connectivity index (χ0n) is 10.5. The summed E-state index contributed by atoms with van der Waals surface area (Å²) in [6.45, 7) is 4.10. The number of piperazine rings is 1. The summed E-state index contributed by atoms with van der Waals surface area (Å²) in [7, 11) is 0. The molecule has 6 heteroatoms. The van der Waals surface area contributed by atoms with Crippen LogP contribution in [0.25, 0.3) is 0 Å². The number of nitrogens with zero attached hydrogens (tertiary/aromatic N) is 2. The van der Waals surface area contributed by atoms with Crippen LogP contribution in [0.3, 0.4) is 0 Å². The molecule has 0 radical (unpaired) electrons. The number of carbonyl (C=O) groups excluding carboxylic acids is 1. The number of hydrogen-bond acceptors (Lipinski definition) is 3. The fraction of sp³-hybridized carbons (Fsp3) is 0.462. The summed E-state index contributed by atoms with van der Waals surface area (Å²) < 4.78 is 0. The average Bonchev–Trinajstić information content (AvgIpc) is 2.39. The largest absolute Gasteiger partial charge is 0.507 e. The smallest absolute Gasteiger partial charge is 0.257 e. The maximum Gasteiger partial charge on any atom is 0.257 e. The number of amides is 1. The van der Waals surface area contributed by atoms with Crippen molar-refractivity contribution in [3.8, 4) is 5.75 Å². The molecule has 0 saturated carbocycles. The molecule has 1 aromatic rings. The zero-order valence-corrected chi connectivity index (χ0v) is 12.8. The Kier molecular flexibility index (Phi) is 5.07. The van der Waals surface area contributed by atoms with E-state index in [0.29, 0.717) is 23.7 Å². The van der Waals surface area contributed by atoms with Crippen molar-refractivity contribution in [2.45, 2.75) is 0 Å². The number of benzene rings is 1. The standard InChI is InChI=1S/C13H16BrClN2O2/c14-3-4-16-5-7-17(8-6-16)13(19)11-2-1-10(15)9-12(11)18/h1-2,9,18H,3-8H2. The maximum atomic E-state index is 12.3. The van der Waals surface area contributed by atoms with E-state index in [-0.39, 0.29) is 11.7 Å². The van der Waals surface area contributed by atoms with Gasteiger partial charge in [0.25, 0.3) is 5.91 Å². The summed E-state index contributed by atoms with van der Waals surface area (Å²) in [5.41, 5.74) is 0.318. The van der Waals surface area contributed by atoms with Crippen molar-refractivity contribution in [2.75, 3.05) is 38.1 Å². The minimum absolute atomic E-state index is 0.0552. The Balaban J connectivity index is 2.01. The van der Waals surface area contributed by atoms with Crippen LogP contribution in [0.2, 0.25) is 5.02 Å². The molecule has 0 aliphatic carbocycles. The van der Waals surface area contributed by atoms with Crippen LogP contribution < -0.4 is 0 Å². The Bertz CT molecular complexity index is 462. The highest BCUT2D eigenvalue weighted by Crippen LogP contribution is 2.23. The number of halogens is 2. The predicted molar refractivity (Wildman–Crippen MR) is 79.3 cm³/mol. The van der Waals surface area contributed by atoms with Crippen LogP contribution in [0, 0.1) is 0 Å². The van der Waals surface area contributed by atoms with E-state index in [1.165, 1.54) is 6.07 Å². The molecule has 1 heterocycles. The van der Waals surface area contributed by atoms with Gasteiger partial charge >= 0.3 is 0 Å². The van der Waals surface area contributed by atoms with Gasteiger partial charge in [0.15, 0.2) is 0 Å². The van der Waals surface area contributed by atoms with Crippen molar-refractivity contribution in [2.24, 2.45) is 0 Å². The van der Waals surface area contributed by atoms with Gasteiger partial charge in [0, 0.05) is 43.1 Å². The third kappa shape index (κ3) is 3.61. The van der Waals surface area contributed by atoms with E-state index in [1.54, 1.807) is 17.0 Å². The summed E-state index contributed by atoms with van der Waals surface area (Å²) in [5, 5.41) is 11.2. The molecular formula is C13H16BrClN2O2. The number of carbonyl (C=O) groups is 1. The van der Waals surface area contributed by atoms with Gasteiger partial charge in [-0.25, -0.2) is 0 Å². The topological polar surface area (TPSA) is 43.8 Å². The number of phenols is 1. The van der Waals surface area contributed by atoms with E-state index in [1.807, 2.05) is 0 Å². The number of rotatable bonds is 3. The molecule has 1 aliphatic rings. The lowest BCUT2D eigenvalue weighted by molar-refractivity contribution is 0.0642. The molecule has 1 aliphatic heterocycles. The molecule has 104 valence electrons. The van der Waals surface area contributed by atoms with Gasteiger partial charge in [-0.1, -0.05) is 27.5 Å². The van der Waals surface area contributed by atoms with Crippen LogP contribution in [-0.2, 0) is 0 Å². The van der Waals surface area contributed by atoms with Gasteiger partial charge in [0.1, 0.15) is 5.75 Å². The zero-order chi connectivity index (χ0) is 13.8. The number of phenolic OH excluding ortho intramolecular Hbond substituents is 1. The van der Waals surface area contributed by atoms with Gasteiger partial charge in [-0.05, 0) is 18.2 Å².